The molecule has 0 unspecified atom stereocenters. The lowest BCUT2D eigenvalue weighted by Gasteiger charge is -2.12. The lowest BCUT2D eigenvalue weighted by molar-refractivity contribution is 0.102. The third-order valence-corrected chi connectivity index (χ3v) is 6.23. The summed E-state index contributed by atoms with van der Waals surface area (Å²) < 4.78 is 33.3. The summed E-state index contributed by atoms with van der Waals surface area (Å²) in [5, 5.41) is 4.71. The Kier molecular flexibility index (Phi) is 6.32. The highest BCUT2D eigenvalue weighted by atomic mass is 79.9. The van der Waals surface area contributed by atoms with Crippen molar-refractivity contribution in [3.63, 3.8) is 0 Å². The van der Waals surface area contributed by atoms with Crippen LogP contribution in [-0.4, -0.2) is 25.9 Å². The molecule has 1 amide bonds. The molecule has 0 fully saturated rings. The molecule has 7 nitrogen and oxygen atoms in total. The SMILES string of the molecule is CCOc1ccc(Br)cc1C(=O)Nc1ccc(S(=O)(=O)Nc2nccs2)cc1. The summed E-state index contributed by atoms with van der Waals surface area (Å²) in [5.41, 5.74) is 0.832. The van der Waals surface area contributed by atoms with Gasteiger partial charge in [-0.3, -0.25) is 9.52 Å². The third kappa shape index (κ3) is 4.89. The van der Waals surface area contributed by atoms with Gasteiger partial charge in [-0.2, -0.15) is 0 Å². The zero-order chi connectivity index (χ0) is 20.1. The standard InChI is InChI=1S/C18H16BrN3O4S2/c1-2-26-16-8-3-12(19)11-15(16)17(23)21-13-4-6-14(7-5-13)28(24,25)22-18-20-9-10-27-18/h3-11H,2H2,1H3,(H,20,22)(H,21,23). The van der Waals surface area contributed by atoms with Crippen molar-refractivity contribution < 1.29 is 17.9 Å². The number of amides is 1. The van der Waals surface area contributed by atoms with E-state index in [9.17, 15) is 13.2 Å². The summed E-state index contributed by atoms with van der Waals surface area (Å²) in [6.07, 6.45) is 1.51. The quantitative estimate of drug-likeness (QED) is 0.522. The van der Waals surface area contributed by atoms with Gasteiger partial charge >= 0.3 is 0 Å². The Hall–Kier alpha value is -2.43. The van der Waals surface area contributed by atoms with Gasteiger partial charge in [0, 0.05) is 21.7 Å². The van der Waals surface area contributed by atoms with Gasteiger partial charge in [0.2, 0.25) is 0 Å². The summed E-state index contributed by atoms with van der Waals surface area (Å²) in [6.45, 7) is 2.27. The second-order valence-electron chi connectivity index (χ2n) is 5.49. The molecular weight excluding hydrogens is 466 g/mol. The minimum absolute atomic E-state index is 0.0677. The molecule has 0 atom stereocenters. The van der Waals surface area contributed by atoms with E-state index >= 15 is 0 Å². The van der Waals surface area contributed by atoms with E-state index < -0.39 is 10.0 Å². The van der Waals surface area contributed by atoms with Gasteiger partial charge in [0.15, 0.2) is 5.13 Å². The highest BCUT2D eigenvalue weighted by Gasteiger charge is 2.17. The van der Waals surface area contributed by atoms with Crippen LogP contribution in [0.1, 0.15) is 17.3 Å². The van der Waals surface area contributed by atoms with Crippen LogP contribution < -0.4 is 14.8 Å². The monoisotopic (exact) mass is 481 g/mol. The van der Waals surface area contributed by atoms with E-state index in [4.69, 9.17) is 4.74 Å². The van der Waals surface area contributed by atoms with Crippen molar-refractivity contribution in [2.45, 2.75) is 11.8 Å². The minimum atomic E-state index is -3.74. The summed E-state index contributed by atoms with van der Waals surface area (Å²) in [7, 11) is -3.74. The van der Waals surface area contributed by atoms with Crippen LogP contribution in [0.5, 0.6) is 5.75 Å². The summed E-state index contributed by atoms with van der Waals surface area (Å²) in [5.74, 6) is 0.108. The summed E-state index contributed by atoms with van der Waals surface area (Å²) >= 11 is 4.53. The lowest BCUT2D eigenvalue weighted by atomic mass is 10.2. The molecule has 0 aliphatic carbocycles. The van der Waals surface area contributed by atoms with Gasteiger partial charge in [-0.05, 0) is 49.4 Å². The van der Waals surface area contributed by atoms with E-state index in [0.29, 0.717) is 23.6 Å². The Balaban J connectivity index is 1.76. The molecule has 0 bridgehead atoms. The number of hydrogen-bond acceptors (Lipinski definition) is 6. The first-order valence-corrected chi connectivity index (χ1v) is 11.3. The van der Waals surface area contributed by atoms with Crippen molar-refractivity contribution in [3.05, 3.63) is 64.1 Å². The number of hydrogen-bond donors (Lipinski definition) is 2. The molecule has 0 radical (unpaired) electrons. The number of halogens is 1. The molecule has 3 aromatic rings. The second kappa shape index (κ2) is 8.72. The maximum absolute atomic E-state index is 12.6. The Morgan fingerprint density at radius 3 is 2.61 bits per heavy atom. The minimum Gasteiger partial charge on any atom is -0.493 e. The number of aromatic nitrogens is 1. The highest BCUT2D eigenvalue weighted by molar-refractivity contribution is 9.10. The van der Waals surface area contributed by atoms with Gasteiger partial charge in [0.25, 0.3) is 15.9 Å². The molecule has 0 saturated carbocycles. The van der Waals surface area contributed by atoms with Gasteiger partial charge < -0.3 is 10.1 Å². The maximum atomic E-state index is 12.6. The van der Waals surface area contributed by atoms with Gasteiger partial charge in [0.1, 0.15) is 5.75 Å². The molecule has 146 valence electrons. The Labute approximate surface area is 175 Å². The molecule has 2 N–H and O–H groups in total. The molecule has 0 saturated heterocycles. The lowest BCUT2D eigenvalue weighted by Crippen LogP contribution is -2.15. The number of ether oxygens (including phenoxy) is 1. The Bertz CT molecular complexity index is 1070. The number of rotatable bonds is 7. The van der Waals surface area contributed by atoms with Gasteiger partial charge in [-0.25, -0.2) is 13.4 Å². The number of nitrogens with one attached hydrogen (secondary N) is 2. The smallest absolute Gasteiger partial charge is 0.263 e. The van der Waals surface area contributed by atoms with Crippen LogP contribution in [0.3, 0.4) is 0 Å². The van der Waals surface area contributed by atoms with Gasteiger partial charge in [0.05, 0.1) is 17.1 Å². The summed E-state index contributed by atoms with van der Waals surface area (Å²) in [6, 6.07) is 11.0. The molecule has 1 aromatic heterocycles. The van der Waals surface area contributed by atoms with E-state index in [0.717, 1.165) is 4.47 Å². The van der Waals surface area contributed by atoms with Gasteiger partial charge in [-0.15, -0.1) is 11.3 Å². The van der Waals surface area contributed by atoms with Crippen LogP contribution >= 0.6 is 27.3 Å². The average molecular weight is 482 g/mol. The Morgan fingerprint density at radius 2 is 1.96 bits per heavy atom. The number of benzene rings is 2. The van der Waals surface area contributed by atoms with Crippen molar-refractivity contribution in [1.82, 2.24) is 4.98 Å². The topological polar surface area (TPSA) is 97.4 Å². The van der Waals surface area contributed by atoms with E-state index in [1.165, 1.54) is 41.8 Å². The molecule has 0 spiro atoms. The fourth-order valence-electron chi connectivity index (χ4n) is 2.32. The fraction of sp³-hybridized carbons (Fsp3) is 0.111. The molecule has 28 heavy (non-hydrogen) atoms. The van der Waals surface area contributed by atoms with Gasteiger partial charge in [-0.1, -0.05) is 15.9 Å². The van der Waals surface area contributed by atoms with Crippen LogP contribution in [-0.2, 0) is 10.0 Å². The zero-order valence-corrected chi connectivity index (χ0v) is 17.9. The molecule has 0 aliphatic rings. The molecule has 0 aliphatic heterocycles. The number of sulfonamides is 1. The zero-order valence-electron chi connectivity index (χ0n) is 14.7. The van der Waals surface area contributed by atoms with Crippen molar-refractivity contribution >= 4 is 54.0 Å². The largest absolute Gasteiger partial charge is 0.493 e. The first kappa shape index (κ1) is 20.3. The molecule has 10 heteroatoms. The van der Waals surface area contributed by atoms with Crippen LogP contribution in [0.25, 0.3) is 0 Å². The van der Waals surface area contributed by atoms with E-state index in [2.05, 4.69) is 31.0 Å². The number of carbonyl (C=O) groups is 1. The normalized spacial score (nSPS) is 11.1. The predicted molar refractivity (Wildman–Crippen MR) is 113 cm³/mol. The number of thiazole rings is 1. The third-order valence-electron chi connectivity index (χ3n) is 3.56. The van der Waals surface area contributed by atoms with Crippen molar-refractivity contribution in [3.8, 4) is 5.75 Å². The molecule has 3 rings (SSSR count). The molecule has 2 aromatic carbocycles. The maximum Gasteiger partial charge on any atom is 0.263 e. The molecule has 1 heterocycles. The number of carbonyl (C=O) groups excluding carboxylic acids is 1. The van der Waals surface area contributed by atoms with Crippen molar-refractivity contribution in [2.24, 2.45) is 0 Å². The van der Waals surface area contributed by atoms with E-state index in [1.807, 2.05) is 6.92 Å². The Morgan fingerprint density at radius 1 is 1.21 bits per heavy atom. The van der Waals surface area contributed by atoms with E-state index in [1.54, 1.807) is 23.6 Å². The fourth-order valence-corrected chi connectivity index (χ4v) is 4.47. The van der Waals surface area contributed by atoms with Crippen LogP contribution in [0, 0.1) is 0 Å². The summed E-state index contributed by atoms with van der Waals surface area (Å²) in [4.78, 5) is 16.6. The van der Waals surface area contributed by atoms with Crippen molar-refractivity contribution in [2.75, 3.05) is 16.6 Å². The second-order valence-corrected chi connectivity index (χ2v) is 8.99. The number of anilines is 2. The van der Waals surface area contributed by atoms with E-state index in [-0.39, 0.29) is 15.9 Å². The first-order chi connectivity index (χ1) is 13.4. The predicted octanol–water partition coefficient (Wildman–Crippen LogP) is 4.36. The molecular formula is C18H16BrN3O4S2. The van der Waals surface area contributed by atoms with Crippen LogP contribution in [0.15, 0.2) is 63.4 Å². The average Bonchev–Trinajstić information content (AvgIpc) is 3.16. The number of nitrogens with zero attached hydrogens (tertiary/aromatic N) is 1. The van der Waals surface area contributed by atoms with Crippen molar-refractivity contribution in [1.29, 1.82) is 0 Å². The highest BCUT2D eigenvalue weighted by Crippen LogP contribution is 2.25. The van der Waals surface area contributed by atoms with Crippen LogP contribution in [0.4, 0.5) is 10.8 Å². The first-order valence-electron chi connectivity index (χ1n) is 8.15. The van der Waals surface area contributed by atoms with Crippen LogP contribution in [0.2, 0.25) is 0 Å².